The molecule has 0 radical (unpaired) electrons. The standard InChI is InChI=1S/C16H35O2PS2.Mo/c1-15(2)11-7-5-9-13-18-19(17,20)21-14-10-6-8-12-16(3)4;/h15-16H,5-14H2,1-4H3,(H,17,20);/p-1. The summed E-state index contributed by atoms with van der Waals surface area (Å²) in [6, 6.07) is 0. The summed E-state index contributed by atoms with van der Waals surface area (Å²) in [5, 5.41) is 0. The van der Waals surface area contributed by atoms with Crippen LogP contribution in [0, 0.1) is 11.8 Å². The first kappa shape index (κ1) is 25.8. The van der Waals surface area contributed by atoms with Crippen LogP contribution in [0.5, 0.6) is 0 Å². The molecule has 0 aromatic carbocycles. The number of hydrogen-bond donors (Lipinski definition) is 0. The zero-order valence-electron chi connectivity index (χ0n) is 14.7. The summed E-state index contributed by atoms with van der Waals surface area (Å²) in [5.41, 5.74) is -2.83. The molecule has 2 nitrogen and oxygen atoms in total. The van der Waals surface area contributed by atoms with Crippen molar-refractivity contribution in [1.82, 2.24) is 0 Å². The third-order valence-electron chi connectivity index (χ3n) is 3.35. The van der Waals surface area contributed by atoms with Crippen LogP contribution >= 0.6 is 17.1 Å². The number of rotatable bonds is 14. The van der Waals surface area contributed by atoms with Crippen LogP contribution in [0.15, 0.2) is 0 Å². The average Bonchev–Trinajstić information content (AvgIpc) is 2.37. The summed E-state index contributed by atoms with van der Waals surface area (Å²) < 4.78 is 5.41. The van der Waals surface area contributed by atoms with Crippen LogP contribution < -0.4 is 4.89 Å². The normalized spacial score (nSPS) is 14.1. The van der Waals surface area contributed by atoms with E-state index in [4.69, 9.17) is 16.3 Å². The van der Waals surface area contributed by atoms with E-state index in [1.807, 2.05) is 0 Å². The maximum Gasteiger partial charge on any atom is 0.0513 e. The van der Waals surface area contributed by atoms with Gasteiger partial charge in [0.15, 0.2) is 0 Å². The van der Waals surface area contributed by atoms with Crippen molar-refractivity contribution >= 4 is 28.9 Å². The average molecular weight is 449 g/mol. The molecule has 0 bridgehead atoms. The number of unbranched alkanes of at least 4 members (excludes halogenated alkanes) is 4. The Morgan fingerprint density at radius 1 is 0.909 bits per heavy atom. The van der Waals surface area contributed by atoms with Crippen molar-refractivity contribution in [1.29, 1.82) is 0 Å². The van der Waals surface area contributed by atoms with Crippen LogP contribution in [-0.2, 0) is 37.4 Å². The fourth-order valence-corrected chi connectivity index (χ4v) is 5.44. The molecule has 134 valence electrons. The first-order valence-electron chi connectivity index (χ1n) is 8.43. The van der Waals surface area contributed by atoms with Crippen molar-refractivity contribution in [3.8, 4) is 0 Å². The second-order valence-corrected chi connectivity index (χ2v) is 12.8. The van der Waals surface area contributed by atoms with Gasteiger partial charge in [0.25, 0.3) is 0 Å². The quantitative estimate of drug-likeness (QED) is 0.192. The molecule has 0 rings (SSSR count). The van der Waals surface area contributed by atoms with E-state index in [1.165, 1.54) is 43.5 Å². The molecule has 22 heavy (non-hydrogen) atoms. The van der Waals surface area contributed by atoms with Gasteiger partial charge in [-0.3, -0.25) is 0 Å². The van der Waals surface area contributed by atoms with E-state index in [0.29, 0.717) is 6.61 Å². The Hall–Kier alpha value is 1.61. The Morgan fingerprint density at radius 3 is 1.91 bits per heavy atom. The summed E-state index contributed by atoms with van der Waals surface area (Å²) >= 11 is 6.43. The maximum atomic E-state index is 12.1. The molecule has 0 saturated heterocycles. The molecule has 0 N–H and O–H groups in total. The molecule has 0 amide bonds. The Kier molecular flexibility index (Phi) is 18.9. The molecule has 0 aliphatic rings. The van der Waals surface area contributed by atoms with Crippen LogP contribution in [-0.4, -0.2) is 12.4 Å². The van der Waals surface area contributed by atoms with Gasteiger partial charge in [-0.25, -0.2) is 0 Å². The van der Waals surface area contributed by atoms with Crippen LogP contribution in [0.3, 0.4) is 0 Å². The summed E-state index contributed by atoms with van der Waals surface area (Å²) in [4.78, 5) is 12.1. The first-order chi connectivity index (χ1) is 9.83. The zero-order chi connectivity index (χ0) is 16.1. The van der Waals surface area contributed by atoms with E-state index in [0.717, 1.165) is 36.9 Å². The Morgan fingerprint density at radius 2 is 1.41 bits per heavy atom. The van der Waals surface area contributed by atoms with E-state index in [-0.39, 0.29) is 21.1 Å². The van der Waals surface area contributed by atoms with Crippen molar-refractivity contribution in [3.05, 3.63) is 0 Å². The van der Waals surface area contributed by atoms with E-state index in [9.17, 15) is 4.89 Å². The summed E-state index contributed by atoms with van der Waals surface area (Å²) in [5.74, 6) is 2.41. The van der Waals surface area contributed by atoms with Crippen molar-refractivity contribution in [2.45, 2.75) is 79.1 Å². The fraction of sp³-hybridized carbons (Fsp3) is 1.00. The van der Waals surface area contributed by atoms with Crippen molar-refractivity contribution in [2.75, 3.05) is 12.4 Å². The molecule has 0 aliphatic heterocycles. The molecule has 0 spiro atoms. The van der Waals surface area contributed by atoms with Gasteiger partial charge >= 0.3 is 0 Å². The van der Waals surface area contributed by atoms with Crippen molar-refractivity contribution in [3.63, 3.8) is 0 Å². The topological polar surface area (TPSA) is 32.3 Å². The van der Waals surface area contributed by atoms with Crippen LogP contribution in [0.2, 0.25) is 0 Å². The van der Waals surface area contributed by atoms with Crippen LogP contribution in [0.4, 0.5) is 0 Å². The van der Waals surface area contributed by atoms with Gasteiger partial charge in [0.1, 0.15) is 0 Å². The predicted molar refractivity (Wildman–Crippen MR) is 99.3 cm³/mol. The molecule has 0 aromatic heterocycles. The maximum absolute atomic E-state index is 12.1. The third kappa shape index (κ3) is 19.7. The molecule has 0 aliphatic carbocycles. The second kappa shape index (κ2) is 16.1. The predicted octanol–water partition coefficient (Wildman–Crippen LogP) is 5.75. The van der Waals surface area contributed by atoms with E-state index in [2.05, 4.69) is 27.7 Å². The molecule has 0 saturated carbocycles. The largest absolute Gasteiger partial charge is 0.793 e. The second-order valence-electron chi connectivity index (χ2n) is 6.60. The molecule has 0 heterocycles. The van der Waals surface area contributed by atoms with Gasteiger partial charge in [-0.05, 0) is 30.4 Å². The molecular weight excluding hydrogens is 415 g/mol. The van der Waals surface area contributed by atoms with Crippen molar-refractivity contribution in [2.24, 2.45) is 11.8 Å². The summed E-state index contributed by atoms with van der Waals surface area (Å²) in [6.07, 6.45) is 9.45. The van der Waals surface area contributed by atoms with Crippen LogP contribution in [0.25, 0.3) is 0 Å². The van der Waals surface area contributed by atoms with Gasteiger partial charge in [-0.1, -0.05) is 78.0 Å². The van der Waals surface area contributed by atoms with Crippen molar-refractivity contribution < 1.29 is 30.5 Å². The van der Waals surface area contributed by atoms with Crippen LogP contribution in [0.1, 0.15) is 79.1 Å². The number of hydrogen-bond acceptors (Lipinski definition) is 4. The molecule has 0 fully saturated rings. The van der Waals surface area contributed by atoms with E-state index < -0.39 is 5.69 Å². The molecule has 1 unspecified atom stereocenters. The van der Waals surface area contributed by atoms with Gasteiger partial charge in [0.05, 0.1) is 6.61 Å². The van der Waals surface area contributed by atoms with E-state index in [1.54, 1.807) is 0 Å². The SMILES string of the molecule is CC(C)CCCCCOP([O-])(=S)SCCCCCC(C)C.[Mo]. The zero-order valence-corrected chi connectivity index (χ0v) is 19.2. The molecule has 1 atom stereocenters. The Labute approximate surface area is 162 Å². The van der Waals surface area contributed by atoms with Gasteiger partial charge in [0.2, 0.25) is 0 Å². The molecule has 6 heteroatoms. The Balaban J connectivity index is 0. The smallest absolute Gasteiger partial charge is 0.0513 e. The first-order valence-corrected chi connectivity index (χ1v) is 12.7. The molecular formula is C16H34MoO2PS2-. The van der Waals surface area contributed by atoms with Gasteiger partial charge in [-0.2, -0.15) is 0 Å². The monoisotopic (exact) mass is 451 g/mol. The Bertz CT molecular complexity index is 265. The van der Waals surface area contributed by atoms with E-state index >= 15 is 0 Å². The van der Waals surface area contributed by atoms with Gasteiger partial charge < -0.3 is 9.42 Å². The minimum Gasteiger partial charge on any atom is -0.793 e. The minimum absolute atomic E-state index is 0. The fourth-order valence-electron chi connectivity index (χ4n) is 2.05. The molecule has 0 aromatic rings. The third-order valence-corrected chi connectivity index (χ3v) is 7.71. The summed E-state index contributed by atoms with van der Waals surface area (Å²) in [6.45, 7) is 9.54. The summed E-state index contributed by atoms with van der Waals surface area (Å²) in [7, 11) is 0. The van der Waals surface area contributed by atoms with Gasteiger partial charge in [-0.15, -0.1) is 11.4 Å². The minimum atomic E-state index is -2.83. The van der Waals surface area contributed by atoms with Gasteiger partial charge in [0, 0.05) is 26.8 Å².